The number of hydrogen-bond acceptors (Lipinski definition) is 2. The lowest BCUT2D eigenvalue weighted by molar-refractivity contribution is -0.126. The molecule has 29 heavy (non-hydrogen) atoms. The van der Waals surface area contributed by atoms with Crippen molar-refractivity contribution in [1.82, 2.24) is 10.2 Å². The molecule has 0 spiro atoms. The Labute approximate surface area is 172 Å². The van der Waals surface area contributed by atoms with Gasteiger partial charge in [0, 0.05) is 36.7 Å². The van der Waals surface area contributed by atoms with E-state index in [-0.39, 0.29) is 23.3 Å². The van der Waals surface area contributed by atoms with Crippen molar-refractivity contribution >= 4 is 17.6 Å². The average molecular weight is 392 g/mol. The largest absolute Gasteiger partial charge is 0.355 e. The molecule has 4 rings (SSSR count). The molecule has 1 saturated carbocycles. The topological polar surface area (TPSA) is 61.4 Å². The molecule has 2 N–H and O–H groups in total. The second-order valence-corrected chi connectivity index (χ2v) is 8.28. The van der Waals surface area contributed by atoms with E-state index in [2.05, 4.69) is 34.9 Å². The summed E-state index contributed by atoms with van der Waals surface area (Å²) < 4.78 is 0. The van der Waals surface area contributed by atoms with E-state index < -0.39 is 0 Å². The number of benzene rings is 2. The first kappa shape index (κ1) is 19.5. The van der Waals surface area contributed by atoms with Crippen LogP contribution >= 0.6 is 0 Å². The van der Waals surface area contributed by atoms with Crippen LogP contribution in [-0.4, -0.2) is 36.5 Å². The maximum absolute atomic E-state index is 12.8. The average Bonchev–Trinajstić information content (AvgIpc) is 2.74. The number of likely N-dealkylation sites (tertiary alicyclic amines) is 1. The highest BCUT2D eigenvalue weighted by Crippen LogP contribution is 2.43. The minimum atomic E-state index is -0.0902. The summed E-state index contributed by atoms with van der Waals surface area (Å²) in [5, 5.41) is 6.14. The first-order valence-corrected chi connectivity index (χ1v) is 10.6. The minimum Gasteiger partial charge on any atom is -0.355 e. The van der Waals surface area contributed by atoms with Gasteiger partial charge in [0.05, 0.1) is 0 Å². The van der Waals surface area contributed by atoms with E-state index in [0.29, 0.717) is 32.5 Å². The highest BCUT2D eigenvalue weighted by Gasteiger charge is 2.39. The van der Waals surface area contributed by atoms with Crippen LogP contribution < -0.4 is 10.6 Å². The van der Waals surface area contributed by atoms with Crippen molar-refractivity contribution in [2.24, 2.45) is 5.92 Å². The number of rotatable bonds is 5. The fraction of sp³-hybridized carbons (Fsp3) is 0.417. The number of carbonyl (C=O) groups is 2. The molecule has 5 nitrogen and oxygen atoms in total. The van der Waals surface area contributed by atoms with Gasteiger partial charge in [-0.15, -0.1) is 0 Å². The molecular weight excluding hydrogens is 362 g/mol. The molecule has 3 amide bonds. The molecule has 0 radical (unpaired) electrons. The maximum atomic E-state index is 12.8. The van der Waals surface area contributed by atoms with E-state index in [4.69, 9.17) is 0 Å². The van der Waals surface area contributed by atoms with E-state index in [1.807, 2.05) is 36.4 Å². The predicted octanol–water partition coefficient (Wildman–Crippen LogP) is 4.17. The fourth-order valence-electron chi connectivity index (χ4n) is 4.43. The fourth-order valence-corrected chi connectivity index (χ4v) is 4.43. The Morgan fingerprint density at radius 1 is 0.931 bits per heavy atom. The van der Waals surface area contributed by atoms with Crippen LogP contribution in [0.1, 0.15) is 37.7 Å². The molecule has 152 valence electrons. The number of amides is 3. The molecule has 2 aromatic rings. The second-order valence-electron chi connectivity index (χ2n) is 8.28. The van der Waals surface area contributed by atoms with Crippen LogP contribution in [0.15, 0.2) is 60.7 Å². The van der Waals surface area contributed by atoms with Gasteiger partial charge in [0.15, 0.2) is 0 Å². The van der Waals surface area contributed by atoms with Crippen molar-refractivity contribution in [2.75, 3.05) is 25.0 Å². The van der Waals surface area contributed by atoms with Gasteiger partial charge in [0.2, 0.25) is 5.91 Å². The zero-order valence-electron chi connectivity index (χ0n) is 16.8. The Morgan fingerprint density at radius 2 is 1.55 bits per heavy atom. The SMILES string of the molecule is O=C(NCC1(c2ccccc2)CCC1)C1CCN(C(=O)Nc2ccccc2)CC1. The third-order valence-corrected chi connectivity index (χ3v) is 6.48. The van der Waals surface area contributed by atoms with Gasteiger partial charge in [-0.2, -0.15) is 0 Å². The van der Waals surface area contributed by atoms with Crippen LogP contribution in [-0.2, 0) is 10.2 Å². The maximum Gasteiger partial charge on any atom is 0.321 e. The standard InChI is InChI=1S/C24H29N3O2/c28-22(25-18-24(14-7-15-24)20-8-3-1-4-9-20)19-12-16-27(17-13-19)23(29)26-21-10-5-2-6-11-21/h1-6,8-11,19H,7,12-18H2,(H,25,28)(H,26,29). The summed E-state index contributed by atoms with van der Waals surface area (Å²) in [7, 11) is 0. The van der Waals surface area contributed by atoms with Crippen molar-refractivity contribution < 1.29 is 9.59 Å². The Bertz CT molecular complexity index is 826. The van der Waals surface area contributed by atoms with Gasteiger partial charge in [-0.25, -0.2) is 4.79 Å². The van der Waals surface area contributed by atoms with Crippen LogP contribution in [0.3, 0.4) is 0 Å². The highest BCUT2D eigenvalue weighted by atomic mass is 16.2. The molecule has 0 atom stereocenters. The molecule has 1 heterocycles. The molecule has 0 bridgehead atoms. The summed E-state index contributed by atoms with van der Waals surface area (Å²) in [5.74, 6) is 0.124. The number of para-hydroxylation sites is 1. The lowest BCUT2D eigenvalue weighted by Crippen LogP contribution is -2.49. The molecule has 1 saturated heterocycles. The summed E-state index contributed by atoms with van der Waals surface area (Å²) in [6, 6.07) is 19.9. The third-order valence-electron chi connectivity index (χ3n) is 6.48. The lowest BCUT2D eigenvalue weighted by Gasteiger charge is -2.43. The Kier molecular flexibility index (Phi) is 5.84. The van der Waals surface area contributed by atoms with E-state index in [0.717, 1.165) is 18.5 Å². The van der Waals surface area contributed by atoms with Crippen LogP contribution in [0.4, 0.5) is 10.5 Å². The quantitative estimate of drug-likeness (QED) is 0.804. The summed E-state index contributed by atoms with van der Waals surface area (Å²) in [5.41, 5.74) is 2.23. The molecule has 2 aliphatic rings. The van der Waals surface area contributed by atoms with Gasteiger partial charge >= 0.3 is 6.03 Å². The van der Waals surface area contributed by atoms with Gasteiger partial charge in [-0.1, -0.05) is 55.0 Å². The number of hydrogen-bond donors (Lipinski definition) is 2. The lowest BCUT2D eigenvalue weighted by atomic mass is 9.64. The molecular formula is C24H29N3O2. The first-order valence-electron chi connectivity index (χ1n) is 10.6. The normalized spacial score (nSPS) is 18.6. The highest BCUT2D eigenvalue weighted by molar-refractivity contribution is 5.89. The number of urea groups is 1. The van der Waals surface area contributed by atoms with Gasteiger partial charge < -0.3 is 15.5 Å². The Morgan fingerprint density at radius 3 is 2.14 bits per heavy atom. The molecule has 1 aliphatic heterocycles. The van der Waals surface area contributed by atoms with Crippen molar-refractivity contribution in [3.8, 4) is 0 Å². The van der Waals surface area contributed by atoms with E-state index in [1.165, 1.54) is 12.0 Å². The molecule has 0 aromatic heterocycles. The zero-order valence-corrected chi connectivity index (χ0v) is 16.8. The van der Waals surface area contributed by atoms with Gasteiger partial charge in [0.25, 0.3) is 0 Å². The van der Waals surface area contributed by atoms with Crippen molar-refractivity contribution in [3.63, 3.8) is 0 Å². The molecule has 0 unspecified atom stereocenters. The molecule has 1 aliphatic carbocycles. The van der Waals surface area contributed by atoms with E-state index in [1.54, 1.807) is 4.90 Å². The van der Waals surface area contributed by atoms with Crippen LogP contribution in [0, 0.1) is 5.92 Å². The van der Waals surface area contributed by atoms with Crippen molar-refractivity contribution in [1.29, 1.82) is 0 Å². The number of anilines is 1. The van der Waals surface area contributed by atoms with Crippen molar-refractivity contribution in [3.05, 3.63) is 66.2 Å². The van der Waals surface area contributed by atoms with Crippen LogP contribution in [0.2, 0.25) is 0 Å². The van der Waals surface area contributed by atoms with Gasteiger partial charge in [0.1, 0.15) is 0 Å². The summed E-state index contributed by atoms with van der Waals surface area (Å²) >= 11 is 0. The third kappa shape index (κ3) is 4.44. The second kappa shape index (κ2) is 8.68. The summed E-state index contributed by atoms with van der Waals surface area (Å²) in [6.07, 6.45) is 4.92. The Hall–Kier alpha value is -2.82. The monoisotopic (exact) mass is 391 g/mol. The zero-order chi connectivity index (χ0) is 20.1. The van der Waals surface area contributed by atoms with E-state index in [9.17, 15) is 9.59 Å². The first-order chi connectivity index (χ1) is 14.2. The molecule has 5 heteroatoms. The molecule has 2 fully saturated rings. The smallest absolute Gasteiger partial charge is 0.321 e. The van der Waals surface area contributed by atoms with Gasteiger partial charge in [-0.3, -0.25) is 4.79 Å². The summed E-state index contributed by atoms with van der Waals surface area (Å²) in [4.78, 5) is 27.0. The number of carbonyl (C=O) groups excluding carboxylic acids is 2. The minimum absolute atomic E-state index is 0.0105. The number of piperidine rings is 1. The van der Waals surface area contributed by atoms with Gasteiger partial charge in [-0.05, 0) is 43.4 Å². The van der Waals surface area contributed by atoms with Crippen molar-refractivity contribution in [2.45, 2.75) is 37.5 Å². The molecule has 2 aromatic carbocycles. The van der Waals surface area contributed by atoms with E-state index >= 15 is 0 Å². The number of nitrogens with zero attached hydrogens (tertiary/aromatic N) is 1. The number of nitrogens with one attached hydrogen (secondary N) is 2. The predicted molar refractivity (Wildman–Crippen MR) is 115 cm³/mol. The van der Waals surface area contributed by atoms with Crippen LogP contribution in [0.25, 0.3) is 0 Å². The Balaban J connectivity index is 1.25. The summed E-state index contributed by atoms with van der Waals surface area (Å²) in [6.45, 7) is 1.94. The van der Waals surface area contributed by atoms with Crippen LogP contribution in [0.5, 0.6) is 0 Å².